The van der Waals surface area contributed by atoms with Gasteiger partial charge in [-0.2, -0.15) is 5.10 Å². The molecule has 2 rings (SSSR count). The van der Waals surface area contributed by atoms with Crippen LogP contribution in [-0.4, -0.2) is 26.5 Å². The number of pyridine rings is 1. The lowest BCUT2D eigenvalue weighted by Gasteiger charge is -2.09. The van der Waals surface area contributed by atoms with Gasteiger partial charge < -0.3 is 10.4 Å². The Balaban J connectivity index is 2.02. The summed E-state index contributed by atoms with van der Waals surface area (Å²) in [5.41, 5.74) is 2.93. The fourth-order valence-electron chi connectivity index (χ4n) is 1.65. The minimum absolute atomic E-state index is 0.0854. The van der Waals surface area contributed by atoms with Crippen LogP contribution in [-0.2, 0) is 13.1 Å². The summed E-state index contributed by atoms with van der Waals surface area (Å²) in [4.78, 5) is 4.04. The van der Waals surface area contributed by atoms with Gasteiger partial charge in [-0.1, -0.05) is 11.6 Å². The van der Waals surface area contributed by atoms with E-state index in [1.165, 1.54) is 0 Å². The molecule has 0 atom stereocenters. The summed E-state index contributed by atoms with van der Waals surface area (Å²) in [6, 6.07) is 1.91. The summed E-state index contributed by atoms with van der Waals surface area (Å²) in [6.07, 6.45) is 5.34. The molecule has 0 radical (unpaired) electrons. The smallest absolute Gasteiger partial charge is 0.152 e. The van der Waals surface area contributed by atoms with Gasteiger partial charge in [0.1, 0.15) is 0 Å². The Morgan fingerprint density at radius 3 is 3.06 bits per heavy atom. The largest absolute Gasteiger partial charge is 0.394 e. The molecule has 5 nitrogen and oxygen atoms in total. The standard InChI is InChI=1S/C12H15ClN4O/c1-9-2-3-14-12(13)11(9)15-6-10-7-16-17(8-10)4-5-18/h2-3,7-8,15,18H,4-6H2,1H3. The molecule has 2 aromatic heterocycles. The Hall–Kier alpha value is -1.59. The van der Waals surface area contributed by atoms with Gasteiger partial charge in [0.2, 0.25) is 0 Å². The molecule has 0 aliphatic carbocycles. The van der Waals surface area contributed by atoms with Crippen molar-refractivity contribution < 1.29 is 5.11 Å². The Kier molecular flexibility index (Phi) is 4.17. The molecule has 96 valence electrons. The molecular weight excluding hydrogens is 252 g/mol. The summed E-state index contributed by atoms with van der Waals surface area (Å²) < 4.78 is 1.70. The second-order valence-electron chi connectivity index (χ2n) is 3.98. The van der Waals surface area contributed by atoms with Crippen molar-refractivity contribution in [3.63, 3.8) is 0 Å². The third-order valence-electron chi connectivity index (χ3n) is 2.60. The van der Waals surface area contributed by atoms with E-state index < -0.39 is 0 Å². The predicted octanol–water partition coefficient (Wildman–Crippen LogP) is 1.84. The molecule has 6 heteroatoms. The lowest BCUT2D eigenvalue weighted by Crippen LogP contribution is -2.03. The minimum Gasteiger partial charge on any atom is -0.394 e. The molecule has 2 aromatic rings. The number of aliphatic hydroxyl groups excluding tert-OH is 1. The van der Waals surface area contributed by atoms with Crippen LogP contribution in [0.1, 0.15) is 11.1 Å². The van der Waals surface area contributed by atoms with Crippen LogP contribution in [0, 0.1) is 6.92 Å². The first kappa shape index (κ1) is 12.9. The van der Waals surface area contributed by atoms with Crippen LogP contribution in [0.5, 0.6) is 0 Å². The summed E-state index contributed by atoms with van der Waals surface area (Å²) in [6.45, 7) is 3.19. The molecule has 0 aromatic carbocycles. The Morgan fingerprint density at radius 1 is 1.50 bits per heavy atom. The van der Waals surface area contributed by atoms with Crippen molar-refractivity contribution in [2.24, 2.45) is 0 Å². The highest BCUT2D eigenvalue weighted by molar-refractivity contribution is 6.32. The van der Waals surface area contributed by atoms with Gasteiger partial charge in [-0.3, -0.25) is 4.68 Å². The van der Waals surface area contributed by atoms with E-state index in [9.17, 15) is 0 Å². The Bertz CT molecular complexity index is 506. The van der Waals surface area contributed by atoms with Gasteiger partial charge in [0, 0.05) is 24.5 Å². The minimum atomic E-state index is 0.0854. The van der Waals surface area contributed by atoms with Gasteiger partial charge in [-0.15, -0.1) is 0 Å². The molecule has 2 N–H and O–H groups in total. The van der Waals surface area contributed by atoms with Crippen LogP contribution in [0.25, 0.3) is 0 Å². The Morgan fingerprint density at radius 2 is 2.33 bits per heavy atom. The molecule has 0 amide bonds. The second-order valence-corrected chi connectivity index (χ2v) is 4.34. The van der Waals surface area contributed by atoms with Crippen LogP contribution in [0.4, 0.5) is 5.69 Å². The molecule has 0 fully saturated rings. The number of hydrogen-bond donors (Lipinski definition) is 2. The summed E-state index contributed by atoms with van der Waals surface area (Å²) in [5.74, 6) is 0. The molecular formula is C12H15ClN4O. The van der Waals surface area contributed by atoms with Crippen LogP contribution in [0.15, 0.2) is 24.7 Å². The number of nitrogens with zero attached hydrogens (tertiary/aromatic N) is 3. The summed E-state index contributed by atoms with van der Waals surface area (Å²) in [5, 5.41) is 16.7. The molecule has 0 saturated carbocycles. The maximum Gasteiger partial charge on any atom is 0.152 e. The number of aryl methyl sites for hydroxylation is 1. The average molecular weight is 267 g/mol. The van der Waals surface area contributed by atoms with Gasteiger partial charge >= 0.3 is 0 Å². The maximum atomic E-state index is 8.81. The first-order chi connectivity index (χ1) is 8.70. The number of hydrogen-bond acceptors (Lipinski definition) is 4. The van der Waals surface area contributed by atoms with E-state index in [4.69, 9.17) is 16.7 Å². The lowest BCUT2D eigenvalue weighted by molar-refractivity contribution is 0.269. The lowest BCUT2D eigenvalue weighted by atomic mass is 10.2. The van der Waals surface area contributed by atoms with E-state index in [-0.39, 0.29) is 6.61 Å². The van der Waals surface area contributed by atoms with Gasteiger partial charge in [0.25, 0.3) is 0 Å². The topological polar surface area (TPSA) is 63.0 Å². The first-order valence-corrected chi connectivity index (χ1v) is 6.05. The van der Waals surface area contributed by atoms with E-state index in [0.717, 1.165) is 16.8 Å². The number of aliphatic hydroxyl groups is 1. The van der Waals surface area contributed by atoms with Crippen molar-refractivity contribution in [3.05, 3.63) is 40.9 Å². The SMILES string of the molecule is Cc1ccnc(Cl)c1NCc1cnn(CCO)c1. The third-order valence-corrected chi connectivity index (χ3v) is 2.88. The molecule has 0 aliphatic rings. The van der Waals surface area contributed by atoms with Gasteiger partial charge in [-0.25, -0.2) is 4.98 Å². The van der Waals surface area contributed by atoms with Gasteiger partial charge in [0.15, 0.2) is 5.15 Å². The van der Waals surface area contributed by atoms with Crippen molar-refractivity contribution >= 4 is 17.3 Å². The highest BCUT2D eigenvalue weighted by atomic mass is 35.5. The predicted molar refractivity (Wildman–Crippen MR) is 70.6 cm³/mol. The van der Waals surface area contributed by atoms with Gasteiger partial charge in [0.05, 0.1) is 25.0 Å². The van der Waals surface area contributed by atoms with Gasteiger partial charge in [-0.05, 0) is 18.6 Å². The quantitative estimate of drug-likeness (QED) is 0.811. The highest BCUT2D eigenvalue weighted by Gasteiger charge is 2.05. The summed E-state index contributed by atoms with van der Waals surface area (Å²) in [7, 11) is 0. The molecule has 0 saturated heterocycles. The molecule has 0 spiro atoms. The monoisotopic (exact) mass is 266 g/mol. The van der Waals surface area contributed by atoms with E-state index in [2.05, 4.69) is 15.4 Å². The van der Waals surface area contributed by atoms with E-state index >= 15 is 0 Å². The second kappa shape index (κ2) is 5.84. The van der Waals surface area contributed by atoms with Crippen LogP contribution < -0.4 is 5.32 Å². The Labute approximate surface area is 110 Å². The number of rotatable bonds is 5. The van der Waals surface area contributed by atoms with E-state index in [0.29, 0.717) is 18.2 Å². The number of nitrogens with one attached hydrogen (secondary N) is 1. The normalized spacial score (nSPS) is 10.6. The van der Waals surface area contributed by atoms with E-state index in [1.807, 2.05) is 19.2 Å². The number of aromatic nitrogens is 3. The number of anilines is 1. The molecule has 0 unspecified atom stereocenters. The average Bonchev–Trinajstić information content (AvgIpc) is 2.77. The third kappa shape index (κ3) is 3.00. The zero-order chi connectivity index (χ0) is 13.0. The maximum absolute atomic E-state index is 8.81. The molecule has 0 bridgehead atoms. The molecule has 2 heterocycles. The van der Waals surface area contributed by atoms with E-state index in [1.54, 1.807) is 17.1 Å². The molecule has 0 aliphatic heterocycles. The first-order valence-electron chi connectivity index (χ1n) is 5.68. The number of halogens is 1. The van der Waals surface area contributed by atoms with Crippen molar-refractivity contribution in [1.82, 2.24) is 14.8 Å². The van der Waals surface area contributed by atoms with Crippen LogP contribution in [0.2, 0.25) is 5.15 Å². The highest BCUT2D eigenvalue weighted by Crippen LogP contribution is 2.23. The zero-order valence-electron chi connectivity index (χ0n) is 10.1. The zero-order valence-corrected chi connectivity index (χ0v) is 10.9. The fraction of sp³-hybridized carbons (Fsp3) is 0.333. The van der Waals surface area contributed by atoms with Crippen LogP contribution >= 0.6 is 11.6 Å². The fourth-order valence-corrected chi connectivity index (χ4v) is 1.92. The van der Waals surface area contributed by atoms with Crippen molar-refractivity contribution in [1.29, 1.82) is 0 Å². The van der Waals surface area contributed by atoms with Crippen molar-refractivity contribution in [2.45, 2.75) is 20.0 Å². The van der Waals surface area contributed by atoms with Crippen LogP contribution in [0.3, 0.4) is 0 Å². The molecule has 18 heavy (non-hydrogen) atoms. The summed E-state index contributed by atoms with van der Waals surface area (Å²) >= 11 is 6.02. The van der Waals surface area contributed by atoms with Crippen molar-refractivity contribution in [3.8, 4) is 0 Å². The van der Waals surface area contributed by atoms with Crippen molar-refractivity contribution in [2.75, 3.05) is 11.9 Å².